The van der Waals surface area contributed by atoms with E-state index in [4.69, 9.17) is 9.47 Å². The van der Waals surface area contributed by atoms with Crippen LogP contribution in [0.3, 0.4) is 0 Å². The third kappa shape index (κ3) is 9.24. The maximum absolute atomic E-state index is 13.8. The van der Waals surface area contributed by atoms with Crippen molar-refractivity contribution in [2.45, 2.75) is 63.9 Å². The summed E-state index contributed by atoms with van der Waals surface area (Å²) in [4.78, 5) is 53.3. The average molecular weight is 586 g/mol. The van der Waals surface area contributed by atoms with Crippen LogP contribution in [0.25, 0.3) is 0 Å². The topological polar surface area (TPSA) is 126 Å². The molecule has 1 aliphatic heterocycles. The van der Waals surface area contributed by atoms with E-state index in [1.165, 1.54) is 0 Å². The summed E-state index contributed by atoms with van der Waals surface area (Å²) < 4.78 is 10.7. The summed E-state index contributed by atoms with van der Waals surface area (Å²) in [6.07, 6.45) is -0.283. The van der Waals surface area contributed by atoms with Crippen LogP contribution in [0, 0.1) is 5.92 Å². The molecule has 43 heavy (non-hydrogen) atoms. The highest BCUT2D eigenvalue weighted by atomic mass is 16.6. The lowest BCUT2D eigenvalue weighted by molar-refractivity contribution is -0.133. The summed E-state index contributed by atoms with van der Waals surface area (Å²) in [5.41, 5.74) is 1.57. The molecule has 226 valence electrons. The number of rotatable bonds is 14. The van der Waals surface area contributed by atoms with Gasteiger partial charge in [0.1, 0.15) is 24.3 Å². The van der Waals surface area contributed by atoms with Crippen LogP contribution in [0.5, 0.6) is 0 Å². The lowest BCUT2D eigenvalue weighted by Crippen LogP contribution is -2.58. The van der Waals surface area contributed by atoms with Gasteiger partial charge in [0.25, 0.3) is 0 Å². The first-order valence-electron chi connectivity index (χ1n) is 14.5. The van der Waals surface area contributed by atoms with E-state index in [1.807, 2.05) is 91.0 Å². The summed E-state index contributed by atoms with van der Waals surface area (Å²) in [6.45, 7) is 5.63. The van der Waals surface area contributed by atoms with Crippen LogP contribution in [0.1, 0.15) is 37.5 Å². The molecule has 4 rings (SSSR count). The Morgan fingerprint density at radius 3 is 1.67 bits per heavy atom. The van der Waals surface area contributed by atoms with Gasteiger partial charge in [-0.2, -0.15) is 0 Å². The number of alkyl carbamates (subject to hydrolysis) is 1. The Morgan fingerprint density at radius 1 is 0.721 bits per heavy atom. The Kier molecular flexibility index (Phi) is 10.7. The van der Waals surface area contributed by atoms with Crippen LogP contribution in [-0.2, 0) is 43.3 Å². The molecule has 0 bridgehead atoms. The van der Waals surface area contributed by atoms with Gasteiger partial charge in [-0.15, -0.1) is 0 Å². The number of carbonyl (C=O) groups is 4. The number of epoxide rings is 1. The molecule has 0 spiro atoms. The fourth-order valence-corrected chi connectivity index (χ4v) is 4.70. The van der Waals surface area contributed by atoms with Crippen LogP contribution in [0.2, 0.25) is 0 Å². The molecule has 1 aliphatic rings. The summed E-state index contributed by atoms with van der Waals surface area (Å²) in [5, 5.41) is 8.35. The van der Waals surface area contributed by atoms with E-state index in [1.54, 1.807) is 20.8 Å². The van der Waals surface area contributed by atoms with Crippen molar-refractivity contribution in [2.75, 3.05) is 6.61 Å². The van der Waals surface area contributed by atoms with E-state index in [0.717, 1.165) is 16.7 Å². The summed E-state index contributed by atoms with van der Waals surface area (Å²) in [5.74, 6) is -1.57. The number of Topliss-reactive ketones (excluding diaryl/α,β-unsaturated/α-hetero) is 1. The van der Waals surface area contributed by atoms with Crippen molar-refractivity contribution in [3.63, 3.8) is 0 Å². The minimum absolute atomic E-state index is 0.0532. The second kappa shape index (κ2) is 14.6. The van der Waals surface area contributed by atoms with Crippen LogP contribution < -0.4 is 16.0 Å². The number of nitrogens with one attached hydrogen (secondary N) is 3. The molecule has 9 heteroatoms. The first-order chi connectivity index (χ1) is 20.6. The molecule has 1 fully saturated rings. The van der Waals surface area contributed by atoms with Gasteiger partial charge in [0, 0.05) is 6.42 Å². The molecule has 9 nitrogen and oxygen atoms in total. The highest BCUT2D eigenvalue weighted by Crippen LogP contribution is 2.29. The number of benzene rings is 3. The molecule has 3 aromatic carbocycles. The highest BCUT2D eigenvalue weighted by molar-refractivity contribution is 5.98. The molecule has 1 heterocycles. The Labute approximate surface area is 252 Å². The molecule has 4 atom stereocenters. The molecule has 3 unspecified atom stereocenters. The molecule has 0 aliphatic carbocycles. The van der Waals surface area contributed by atoms with E-state index in [0.29, 0.717) is 6.61 Å². The zero-order valence-corrected chi connectivity index (χ0v) is 24.7. The summed E-state index contributed by atoms with van der Waals surface area (Å²) in [6, 6.07) is 25.1. The standard InChI is InChI=1S/C34H39N3O6/c1-23(2)29(37-33(41)42-21-26-17-11-6-12-18-26)32(40)36-28(20-25-15-9-5-10-16-25)31(39)35-27(30(38)34(3)22-43-34)19-24-13-7-4-8-14-24/h4-18,23,27-29H,19-22H2,1-3H3,(H,35,39)(H,36,40)(H,37,41)/t27?,28?,29-,34?/m1/s1. The second-order valence-corrected chi connectivity index (χ2v) is 11.3. The molecule has 0 saturated carbocycles. The van der Waals surface area contributed by atoms with Crippen molar-refractivity contribution in [1.82, 2.24) is 16.0 Å². The summed E-state index contributed by atoms with van der Waals surface area (Å²) in [7, 11) is 0. The van der Waals surface area contributed by atoms with Gasteiger partial charge in [-0.1, -0.05) is 105 Å². The Morgan fingerprint density at radius 2 is 1.19 bits per heavy atom. The quantitative estimate of drug-likeness (QED) is 0.248. The predicted octanol–water partition coefficient (Wildman–Crippen LogP) is 3.75. The van der Waals surface area contributed by atoms with Gasteiger partial charge in [0.2, 0.25) is 11.8 Å². The van der Waals surface area contributed by atoms with E-state index >= 15 is 0 Å². The van der Waals surface area contributed by atoms with E-state index in [-0.39, 0.29) is 31.1 Å². The molecule has 3 amide bonds. The molecular weight excluding hydrogens is 546 g/mol. The fraction of sp³-hybridized carbons (Fsp3) is 0.353. The minimum atomic E-state index is -1.02. The van der Waals surface area contributed by atoms with Crippen LogP contribution in [0.15, 0.2) is 91.0 Å². The number of carbonyl (C=O) groups excluding carboxylic acids is 4. The SMILES string of the molecule is CC(C)[C@@H](NC(=O)OCc1ccccc1)C(=O)NC(Cc1ccccc1)C(=O)NC(Cc1ccccc1)C(=O)C1(C)CO1. The number of hydrogen-bond donors (Lipinski definition) is 3. The van der Waals surface area contributed by atoms with Gasteiger partial charge in [-0.05, 0) is 36.0 Å². The van der Waals surface area contributed by atoms with Crippen LogP contribution in [-0.4, -0.2) is 54.0 Å². The van der Waals surface area contributed by atoms with Gasteiger partial charge in [0.15, 0.2) is 5.78 Å². The van der Waals surface area contributed by atoms with Gasteiger partial charge in [-0.3, -0.25) is 14.4 Å². The van der Waals surface area contributed by atoms with Crippen LogP contribution in [0.4, 0.5) is 4.79 Å². The molecule has 3 N–H and O–H groups in total. The fourth-order valence-electron chi connectivity index (χ4n) is 4.70. The second-order valence-electron chi connectivity index (χ2n) is 11.3. The van der Waals surface area contributed by atoms with Crippen molar-refractivity contribution in [3.8, 4) is 0 Å². The molecule has 0 radical (unpaired) electrons. The van der Waals surface area contributed by atoms with Gasteiger partial charge in [-0.25, -0.2) is 4.79 Å². The monoisotopic (exact) mass is 585 g/mol. The first-order valence-corrected chi connectivity index (χ1v) is 14.5. The van der Waals surface area contributed by atoms with Gasteiger partial charge >= 0.3 is 6.09 Å². The molecular formula is C34H39N3O6. The van der Waals surface area contributed by atoms with Gasteiger partial charge in [0.05, 0.1) is 12.6 Å². The van der Waals surface area contributed by atoms with Crippen molar-refractivity contribution >= 4 is 23.7 Å². The maximum atomic E-state index is 13.8. The third-order valence-electron chi connectivity index (χ3n) is 7.37. The lowest BCUT2D eigenvalue weighted by Gasteiger charge is -2.27. The Balaban J connectivity index is 1.48. The summed E-state index contributed by atoms with van der Waals surface area (Å²) >= 11 is 0. The van der Waals surface area contributed by atoms with E-state index in [9.17, 15) is 19.2 Å². The van der Waals surface area contributed by atoms with Crippen molar-refractivity contribution in [1.29, 1.82) is 0 Å². The number of hydrogen-bond acceptors (Lipinski definition) is 6. The zero-order valence-electron chi connectivity index (χ0n) is 24.7. The Hall–Kier alpha value is -4.50. The number of ether oxygens (including phenoxy) is 2. The third-order valence-corrected chi connectivity index (χ3v) is 7.37. The molecule has 3 aromatic rings. The average Bonchev–Trinajstić information content (AvgIpc) is 3.77. The highest BCUT2D eigenvalue weighted by Gasteiger charge is 2.50. The largest absolute Gasteiger partial charge is 0.445 e. The van der Waals surface area contributed by atoms with Crippen molar-refractivity contribution < 1.29 is 28.7 Å². The predicted molar refractivity (Wildman–Crippen MR) is 162 cm³/mol. The first kappa shape index (κ1) is 31.4. The molecule has 0 aromatic heterocycles. The normalized spacial score (nSPS) is 17.7. The minimum Gasteiger partial charge on any atom is -0.445 e. The number of amides is 3. The lowest BCUT2D eigenvalue weighted by atomic mass is 9.94. The van der Waals surface area contributed by atoms with E-state index < -0.39 is 41.6 Å². The number of ketones is 1. The van der Waals surface area contributed by atoms with Crippen LogP contribution >= 0.6 is 0 Å². The smallest absolute Gasteiger partial charge is 0.408 e. The maximum Gasteiger partial charge on any atom is 0.408 e. The van der Waals surface area contributed by atoms with Crippen molar-refractivity contribution in [3.05, 3.63) is 108 Å². The van der Waals surface area contributed by atoms with Crippen molar-refractivity contribution in [2.24, 2.45) is 5.92 Å². The van der Waals surface area contributed by atoms with Gasteiger partial charge < -0.3 is 25.4 Å². The zero-order chi connectivity index (χ0) is 30.8. The van der Waals surface area contributed by atoms with E-state index in [2.05, 4.69) is 16.0 Å². The molecule has 1 saturated heterocycles. The Bertz CT molecular complexity index is 1380.